The topological polar surface area (TPSA) is 102 Å². The average molecular weight is 455 g/mol. The first kappa shape index (κ1) is 22.7. The molecular weight excluding hydrogens is 428 g/mol. The van der Waals surface area contributed by atoms with Gasteiger partial charge in [-0.25, -0.2) is 21.6 Å². The maximum absolute atomic E-state index is 12.8. The fourth-order valence-electron chi connectivity index (χ4n) is 3.21. The van der Waals surface area contributed by atoms with Gasteiger partial charge in [0, 0.05) is 19.1 Å². The average Bonchev–Trinajstić information content (AvgIpc) is 2.78. The van der Waals surface area contributed by atoms with E-state index >= 15 is 0 Å². The monoisotopic (exact) mass is 454 g/mol. The van der Waals surface area contributed by atoms with E-state index in [1.165, 1.54) is 28.6 Å². The minimum atomic E-state index is -3.83. The second-order valence-electron chi connectivity index (χ2n) is 6.84. The molecule has 1 atom stereocenters. The molecule has 10 heteroatoms. The van der Waals surface area contributed by atoms with Crippen LogP contribution in [0.25, 0.3) is 0 Å². The molecule has 0 spiro atoms. The van der Waals surface area contributed by atoms with E-state index in [9.17, 15) is 16.8 Å². The van der Waals surface area contributed by atoms with Gasteiger partial charge in [-0.1, -0.05) is 19.1 Å². The molecular formula is C20H26N2O6S2. The van der Waals surface area contributed by atoms with Crippen molar-refractivity contribution in [1.82, 2.24) is 9.03 Å². The van der Waals surface area contributed by atoms with Gasteiger partial charge in [0.15, 0.2) is 0 Å². The molecule has 2 aromatic rings. The molecule has 30 heavy (non-hydrogen) atoms. The smallest absolute Gasteiger partial charge is 0.243 e. The summed E-state index contributed by atoms with van der Waals surface area (Å²) in [5, 5.41) is 0. The number of morpholine rings is 1. The van der Waals surface area contributed by atoms with E-state index in [2.05, 4.69) is 4.72 Å². The van der Waals surface area contributed by atoms with Crippen LogP contribution < -0.4 is 9.46 Å². The van der Waals surface area contributed by atoms with Crippen LogP contribution in [-0.2, 0) is 24.8 Å². The molecule has 0 radical (unpaired) electrons. The Morgan fingerprint density at radius 2 is 1.53 bits per heavy atom. The summed E-state index contributed by atoms with van der Waals surface area (Å²) < 4.78 is 65.5. The minimum absolute atomic E-state index is 0.00962. The van der Waals surface area contributed by atoms with Crippen molar-refractivity contribution in [3.63, 3.8) is 0 Å². The van der Waals surface area contributed by atoms with Crippen LogP contribution >= 0.6 is 0 Å². The standard InChI is InChI=1S/C20H26N2O6S2/c1-3-20(16-4-6-17(27-2)7-5-16)21-29(23,24)18-8-10-19(11-9-18)30(25,26)22-12-14-28-15-13-22/h4-11,20-21H,3,12-15H2,1-2H3. The maximum atomic E-state index is 12.8. The van der Waals surface area contributed by atoms with Gasteiger partial charge >= 0.3 is 0 Å². The highest BCUT2D eigenvalue weighted by molar-refractivity contribution is 7.89. The molecule has 3 rings (SSSR count). The predicted molar refractivity (Wildman–Crippen MR) is 112 cm³/mol. The Kier molecular flexibility index (Phi) is 7.14. The van der Waals surface area contributed by atoms with E-state index in [0.717, 1.165) is 5.56 Å². The van der Waals surface area contributed by atoms with Crippen LogP contribution in [0.15, 0.2) is 58.3 Å². The highest BCUT2D eigenvalue weighted by Crippen LogP contribution is 2.24. The molecule has 0 aliphatic carbocycles. The summed E-state index contributed by atoms with van der Waals surface area (Å²) >= 11 is 0. The molecule has 1 unspecified atom stereocenters. The Hall–Kier alpha value is -1.98. The quantitative estimate of drug-likeness (QED) is 0.656. The SMILES string of the molecule is CCC(NS(=O)(=O)c1ccc(S(=O)(=O)N2CCOCC2)cc1)c1ccc(OC)cc1. The second kappa shape index (κ2) is 9.44. The van der Waals surface area contributed by atoms with E-state index in [4.69, 9.17) is 9.47 Å². The van der Waals surface area contributed by atoms with Crippen LogP contribution in [0.2, 0.25) is 0 Å². The molecule has 1 aliphatic rings. The lowest BCUT2D eigenvalue weighted by Crippen LogP contribution is -2.40. The van der Waals surface area contributed by atoms with Crippen LogP contribution in [0.5, 0.6) is 5.75 Å². The highest BCUT2D eigenvalue weighted by Gasteiger charge is 2.27. The minimum Gasteiger partial charge on any atom is -0.497 e. The number of benzene rings is 2. The van der Waals surface area contributed by atoms with Gasteiger partial charge in [-0.05, 0) is 48.4 Å². The molecule has 164 valence electrons. The third-order valence-corrected chi connectivity index (χ3v) is 8.37. The Labute approximate surface area is 177 Å². The van der Waals surface area contributed by atoms with Crippen molar-refractivity contribution in [2.24, 2.45) is 0 Å². The van der Waals surface area contributed by atoms with Gasteiger partial charge in [-0.3, -0.25) is 0 Å². The zero-order chi connectivity index (χ0) is 21.8. The Balaban J connectivity index is 1.78. The lowest BCUT2D eigenvalue weighted by molar-refractivity contribution is 0.0730. The number of ether oxygens (including phenoxy) is 2. The summed E-state index contributed by atoms with van der Waals surface area (Å²) in [5.41, 5.74) is 0.813. The fraction of sp³-hybridized carbons (Fsp3) is 0.400. The third-order valence-electron chi connectivity index (χ3n) is 4.97. The van der Waals surface area contributed by atoms with E-state index in [1.54, 1.807) is 19.2 Å². The van der Waals surface area contributed by atoms with Crippen molar-refractivity contribution >= 4 is 20.0 Å². The molecule has 2 aromatic carbocycles. The molecule has 0 bridgehead atoms. The summed E-state index contributed by atoms with van der Waals surface area (Å²) in [6, 6.07) is 12.0. The summed E-state index contributed by atoms with van der Waals surface area (Å²) in [4.78, 5) is 0.0703. The molecule has 1 saturated heterocycles. The molecule has 0 saturated carbocycles. The molecule has 0 aromatic heterocycles. The van der Waals surface area contributed by atoms with Crippen LogP contribution in [0.4, 0.5) is 0 Å². The summed E-state index contributed by atoms with van der Waals surface area (Å²) in [7, 11) is -5.94. The molecule has 1 N–H and O–H groups in total. The van der Waals surface area contributed by atoms with Crippen molar-refractivity contribution < 1.29 is 26.3 Å². The lowest BCUT2D eigenvalue weighted by atomic mass is 10.1. The zero-order valence-electron chi connectivity index (χ0n) is 16.9. The van der Waals surface area contributed by atoms with Crippen LogP contribution in [-0.4, -0.2) is 54.6 Å². The Bertz CT molecular complexity index is 1050. The number of nitrogens with zero attached hydrogens (tertiary/aromatic N) is 1. The maximum Gasteiger partial charge on any atom is 0.243 e. The third kappa shape index (κ3) is 5.01. The summed E-state index contributed by atoms with van der Waals surface area (Å²) in [6.45, 7) is 3.14. The largest absolute Gasteiger partial charge is 0.497 e. The van der Waals surface area contributed by atoms with E-state index in [1.807, 2.05) is 19.1 Å². The number of hydrogen-bond acceptors (Lipinski definition) is 6. The normalized spacial score (nSPS) is 16.9. The number of methoxy groups -OCH3 is 1. The lowest BCUT2D eigenvalue weighted by Gasteiger charge is -2.26. The predicted octanol–water partition coefficient (Wildman–Crippen LogP) is 2.15. The summed E-state index contributed by atoms with van der Waals surface area (Å²) in [5.74, 6) is 0.688. The Morgan fingerprint density at radius 1 is 0.967 bits per heavy atom. The van der Waals surface area contributed by atoms with Gasteiger partial charge in [0.25, 0.3) is 0 Å². The van der Waals surface area contributed by atoms with Crippen LogP contribution in [0.1, 0.15) is 24.9 Å². The van der Waals surface area contributed by atoms with Gasteiger partial charge in [0.05, 0.1) is 30.1 Å². The van der Waals surface area contributed by atoms with Crippen molar-refractivity contribution in [3.05, 3.63) is 54.1 Å². The number of sulfonamides is 2. The van der Waals surface area contributed by atoms with Crippen molar-refractivity contribution in [3.8, 4) is 5.75 Å². The fourth-order valence-corrected chi connectivity index (χ4v) is 5.92. The van der Waals surface area contributed by atoms with Crippen molar-refractivity contribution in [2.45, 2.75) is 29.2 Å². The van der Waals surface area contributed by atoms with Crippen LogP contribution in [0.3, 0.4) is 0 Å². The van der Waals surface area contributed by atoms with Gasteiger partial charge in [-0.15, -0.1) is 0 Å². The first-order chi connectivity index (χ1) is 14.3. The first-order valence-corrected chi connectivity index (χ1v) is 12.5. The van der Waals surface area contributed by atoms with E-state index in [-0.39, 0.29) is 22.9 Å². The Morgan fingerprint density at radius 3 is 2.07 bits per heavy atom. The van der Waals surface area contributed by atoms with E-state index < -0.39 is 26.1 Å². The molecule has 0 amide bonds. The van der Waals surface area contributed by atoms with Gasteiger partial charge in [0.2, 0.25) is 20.0 Å². The van der Waals surface area contributed by atoms with Gasteiger partial charge in [-0.2, -0.15) is 4.31 Å². The number of hydrogen-bond donors (Lipinski definition) is 1. The molecule has 8 nitrogen and oxygen atoms in total. The molecule has 1 fully saturated rings. The van der Waals surface area contributed by atoms with Crippen LogP contribution in [0, 0.1) is 0 Å². The second-order valence-corrected chi connectivity index (χ2v) is 10.5. The van der Waals surface area contributed by atoms with Gasteiger partial charge in [0.1, 0.15) is 5.75 Å². The molecule has 1 aliphatic heterocycles. The number of rotatable bonds is 8. The van der Waals surface area contributed by atoms with Crippen molar-refractivity contribution in [1.29, 1.82) is 0 Å². The summed E-state index contributed by atoms with van der Waals surface area (Å²) in [6.07, 6.45) is 0.551. The highest BCUT2D eigenvalue weighted by atomic mass is 32.2. The van der Waals surface area contributed by atoms with Crippen molar-refractivity contribution in [2.75, 3.05) is 33.4 Å². The van der Waals surface area contributed by atoms with Gasteiger partial charge < -0.3 is 9.47 Å². The van der Waals surface area contributed by atoms with E-state index in [0.29, 0.717) is 25.4 Å². The first-order valence-electron chi connectivity index (χ1n) is 9.62. The zero-order valence-corrected chi connectivity index (χ0v) is 18.6. The number of nitrogens with one attached hydrogen (secondary N) is 1. The molecule has 1 heterocycles.